The maximum atomic E-state index is 14.6. The van der Waals surface area contributed by atoms with Crippen molar-refractivity contribution in [2.75, 3.05) is 30.8 Å². The van der Waals surface area contributed by atoms with Crippen molar-refractivity contribution < 1.29 is 17.9 Å². The molecule has 2 aromatic heterocycles. The van der Waals surface area contributed by atoms with E-state index in [0.717, 1.165) is 4.31 Å². The summed E-state index contributed by atoms with van der Waals surface area (Å²) in [5.41, 5.74) is 1.03. The Morgan fingerprint density at radius 2 is 2.07 bits per heavy atom. The van der Waals surface area contributed by atoms with E-state index < -0.39 is 28.5 Å². The van der Waals surface area contributed by atoms with Gasteiger partial charge in [0.25, 0.3) is 10.2 Å². The molecule has 0 aromatic carbocycles. The first-order valence-electron chi connectivity index (χ1n) is 9.96. The smallest absolute Gasteiger partial charge is 0.279 e. The van der Waals surface area contributed by atoms with E-state index in [0.29, 0.717) is 29.9 Å². The number of halogens is 1. The van der Waals surface area contributed by atoms with Crippen LogP contribution in [0.4, 0.5) is 16.2 Å². The van der Waals surface area contributed by atoms with Gasteiger partial charge in [0.1, 0.15) is 6.17 Å². The largest absolute Gasteiger partial charge is 0.391 e. The Hall–Kier alpha value is -2.09. The molecule has 0 amide bonds. The summed E-state index contributed by atoms with van der Waals surface area (Å²) in [6.45, 7) is 5.90. The van der Waals surface area contributed by atoms with Gasteiger partial charge < -0.3 is 20.3 Å². The first-order valence-corrected chi connectivity index (χ1v) is 11.4. The van der Waals surface area contributed by atoms with Crippen molar-refractivity contribution in [2.24, 2.45) is 0 Å². The molecule has 2 aromatic rings. The first-order chi connectivity index (χ1) is 14.2. The van der Waals surface area contributed by atoms with Gasteiger partial charge in [0.05, 0.1) is 24.5 Å². The zero-order valence-corrected chi connectivity index (χ0v) is 18.3. The molecule has 0 aliphatic carbocycles. The minimum absolute atomic E-state index is 0.0433. The van der Waals surface area contributed by atoms with E-state index in [2.05, 4.69) is 30.3 Å². The van der Waals surface area contributed by atoms with Gasteiger partial charge in [0, 0.05) is 26.7 Å². The van der Waals surface area contributed by atoms with E-state index in [-0.39, 0.29) is 25.1 Å². The fourth-order valence-corrected chi connectivity index (χ4v) is 4.39. The molecule has 3 heterocycles. The van der Waals surface area contributed by atoms with Crippen LogP contribution in [0.1, 0.15) is 27.2 Å². The molecule has 1 fully saturated rings. The van der Waals surface area contributed by atoms with E-state index in [9.17, 15) is 17.9 Å². The lowest BCUT2D eigenvalue weighted by Gasteiger charge is -2.21. The van der Waals surface area contributed by atoms with Gasteiger partial charge in [-0.2, -0.15) is 22.7 Å². The van der Waals surface area contributed by atoms with Gasteiger partial charge in [-0.1, -0.05) is 6.92 Å². The quantitative estimate of drug-likeness (QED) is 0.434. The number of alkyl halides is 1. The van der Waals surface area contributed by atoms with Crippen molar-refractivity contribution in [3.63, 3.8) is 0 Å². The highest BCUT2D eigenvalue weighted by Gasteiger charge is 2.39. The number of nitrogens with one attached hydrogen (secondary N) is 3. The predicted molar refractivity (Wildman–Crippen MR) is 112 cm³/mol. The molecule has 30 heavy (non-hydrogen) atoms. The Morgan fingerprint density at radius 3 is 2.67 bits per heavy atom. The normalized spacial score (nSPS) is 22.3. The second-order valence-corrected chi connectivity index (χ2v) is 9.17. The second kappa shape index (κ2) is 8.96. The molecule has 0 unspecified atom stereocenters. The minimum Gasteiger partial charge on any atom is -0.391 e. The first kappa shape index (κ1) is 22.6. The molecule has 168 valence electrons. The summed E-state index contributed by atoms with van der Waals surface area (Å²) in [5, 5.41) is 16.1. The number of imidazole rings is 1. The van der Waals surface area contributed by atoms with Crippen LogP contribution in [0.25, 0.3) is 11.2 Å². The molecule has 11 nitrogen and oxygen atoms in total. The molecular formula is C17H29FN8O3S. The Kier molecular flexibility index (Phi) is 6.75. The molecule has 4 atom stereocenters. The maximum Gasteiger partial charge on any atom is 0.279 e. The third kappa shape index (κ3) is 4.48. The summed E-state index contributed by atoms with van der Waals surface area (Å²) in [6.07, 6.45) is 0.247. The van der Waals surface area contributed by atoms with Gasteiger partial charge in [-0.3, -0.25) is 0 Å². The zero-order chi connectivity index (χ0) is 22.1. The van der Waals surface area contributed by atoms with E-state index in [4.69, 9.17) is 0 Å². The Morgan fingerprint density at radius 1 is 1.33 bits per heavy atom. The van der Waals surface area contributed by atoms with Crippen LogP contribution in [-0.2, 0) is 16.8 Å². The number of aliphatic hydroxyl groups excluding tert-OH is 1. The zero-order valence-electron chi connectivity index (χ0n) is 17.5. The third-order valence-electron chi connectivity index (χ3n) is 5.28. The Balaban J connectivity index is 1.93. The molecule has 0 spiro atoms. The minimum atomic E-state index is -3.72. The van der Waals surface area contributed by atoms with Crippen molar-refractivity contribution in [1.82, 2.24) is 28.5 Å². The molecular weight excluding hydrogens is 415 g/mol. The summed E-state index contributed by atoms with van der Waals surface area (Å²) >= 11 is 0. The molecule has 4 N–H and O–H groups in total. The third-order valence-corrected chi connectivity index (χ3v) is 6.77. The highest BCUT2D eigenvalue weighted by molar-refractivity contribution is 7.87. The number of aromatic nitrogens is 4. The SMILES string of the molecule is CC[C@H](Nc1nc(N[C@@H]2CN(S(=O)(=O)NC)C[C@H]2F)c2ncn(CC)c2n1)[C@@H](C)O. The van der Waals surface area contributed by atoms with Crippen molar-refractivity contribution in [2.45, 2.75) is 58.1 Å². The average Bonchev–Trinajstić information content (AvgIpc) is 3.29. The summed E-state index contributed by atoms with van der Waals surface area (Å²) in [4.78, 5) is 13.3. The van der Waals surface area contributed by atoms with Crippen LogP contribution < -0.4 is 15.4 Å². The van der Waals surface area contributed by atoms with Crippen molar-refractivity contribution in [3.8, 4) is 0 Å². The molecule has 0 radical (unpaired) electrons. The van der Waals surface area contributed by atoms with Crippen LogP contribution in [0.15, 0.2) is 6.33 Å². The number of aliphatic hydroxyl groups is 1. The summed E-state index contributed by atoms with van der Waals surface area (Å²) in [6, 6.07) is -1.05. The molecule has 1 aliphatic rings. The van der Waals surface area contributed by atoms with Crippen molar-refractivity contribution in [3.05, 3.63) is 6.33 Å². The Labute approximate surface area is 175 Å². The van der Waals surface area contributed by atoms with Crippen molar-refractivity contribution in [1.29, 1.82) is 0 Å². The van der Waals surface area contributed by atoms with E-state index >= 15 is 0 Å². The lowest BCUT2D eigenvalue weighted by molar-refractivity contribution is 0.169. The van der Waals surface area contributed by atoms with Gasteiger partial charge in [-0.25, -0.2) is 14.1 Å². The van der Waals surface area contributed by atoms with Gasteiger partial charge >= 0.3 is 0 Å². The maximum absolute atomic E-state index is 14.6. The van der Waals surface area contributed by atoms with Gasteiger partial charge in [0.15, 0.2) is 17.0 Å². The number of hydrogen-bond donors (Lipinski definition) is 4. The highest BCUT2D eigenvalue weighted by Crippen LogP contribution is 2.26. The fraction of sp³-hybridized carbons (Fsp3) is 0.706. The van der Waals surface area contributed by atoms with E-state index in [1.165, 1.54) is 7.05 Å². The lowest BCUT2D eigenvalue weighted by atomic mass is 10.1. The monoisotopic (exact) mass is 444 g/mol. The molecule has 3 rings (SSSR count). The Bertz CT molecular complexity index is 983. The molecule has 0 bridgehead atoms. The van der Waals surface area contributed by atoms with Gasteiger partial charge in [-0.05, 0) is 20.3 Å². The number of rotatable bonds is 9. The summed E-state index contributed by atoms with van der Waals surface area (Å²) in [5.74, 6) is 0.590. The number of anilines is 2. The van der Waals surface area contributed by atoms with Gasteiger partial charge in [-0.15, -0.1) is 0 Å². The number of hydrogen-bond acceptors (Lipinski definition) is 8. The molecule has 1 aliphatic heterocycles. The van der Waals surface area contributed by atoms with Crippen LogP contribution >= 0.6 is 0 Å². The van der Waals surface area contributed by atoms with E-state index in [1.807, 2.05) is 18.4 Å². The second-order valence-electron chi connectivity index (χ2n) is 7.29. The van der Waals surface area contributed by atoms with Crippen LogP contribution in [0.2, 0.25) is 0 Å². The standard InChI is InChI=1S/C17H29FN8O3S/c1-5-12(10(3)27)22-17-23-15(14-16(24-17)25(6-2)9-20-14)21-13-8-26(7-11(13)18)30(28,29)19-4/h9-13,19,27H,5-8H2,1-4H3,(H2,21,22,23,24)/t10-,11-,12+,13-/m1/s1. The summed E-state index contributed by atoms with van der Waals surface area (Å²) < 4.78 is 43.7. The van der Waals surface area contributed by atoms with Crippen LogP contribution in [-0.4, -0.2) is 81.8 Å². The van der Waals surface area contributed by atoms with Crippen LogP contribution in [0.3, 0.4) is 0 Å². The number of nitrogens with zero attached hydrogens (tertiary/aromatic N) is 5. The van der Waals surface area contributed by atoms with E-state index in [1.54, 1.807) is 13.3 Å². The lowest BCUT2D eigenvalue weighted by Crippen LogP contribution is -2.38. The van der Waals surface area contributed by atoms with Crippen molar-refractivity contribution >= 4 is 33.1 Å². The number of fused-ring (bicyclic) bond motifs is 1. The summed E-state index contributed by atoms with van der Waals surface area (Å²) in [7, 11) is -2.43. The number of aryl methyl sites for hydroxylation is 1. The van der Waals surface area contributed by atoms with Gasteiger partial charge in [0.2, 0.25) is 5.95 Å². The molecule has 0 saturated carbocycles. The van der Waals surface area contributed by atoms with Crippen LogP contribution in [0, 0.1) is 0 Å². The predicted octanol–water partition coefficient (Wildman–Crippen LogP) is 0.316. The fourth-order valence-electron chi connectivity index (χ4n) is 3.44. The molecule has 13 heteroatoms. The van der Waals surface area contributed by atoms with Crippen LogP contribution in [0.5, 0.6) is 0 Å². The topological polar surface area (TPSA) is 137 Å². The molecule has 1 saturated heterocycles. The highest BCUT2D eigenvalue weighted by atomic mass is 32.2. The average molecular weight is 445 g/mol.